The van der Waals surface area contributed by atoms with Crippen LogP contribution in [-0.4, -0.2) is 21.7 Å². The lowest BCUT2D eigenvalue weighted by Gasteiger charge is -2.09. The van der Waals surface area contributed by atoms with Crippen LogP contribution in [0.2, 0.25) is 5.02 Å². The van der Waals surface area contributed by atoms with Crippen LogP contribution in [0.25, 0.3) is 10.9 Å². The van der Waals surface area contributed by atoms with Gasteiger partial charge in [-0.1, -0.05) is 29.8 Å². The standard InChI is InChI=1S/C12H13ClN2O2/c1-15-6-9(13)8-4-2-3-7(11(8)15)5-10(14)12(16)17/h2-4,6,10H,5,14H2,1H3,(H,16,17). The third kappa shape index (κ3) is 2.14. The lowest BCUT2D eigenvalue weighted by Crippen LogP contribution is -2.32. The first-order chi connectivity index (χ1) is 8.00. The van der Waals surface area contributed by atoms with Crippen molar-refractivity contribution in [2.75, 3.05) is 0 Å². The molecule has 0 aliphatic heterocycles. The molecule has 1 atom stereocenters. The Kier molecular flexibility index (Phi) is 3.09. The summed E-state index contributed by atoms with van der Waals surface area (Å²) in [6.07, 6.45) is 2.10. The zero-order chi connectivity index (χ0) is 12.6. The number of halogens is 1. The second-order valence-corrected chi connectivity index (χ2v) is 4.46. The molecule has 0 amide bonds. The Morgan fingerprint density at radius 3 is 2.94 bits per heavy atom. The summed E-state index contributed by atoms with van der Waals surface area (Å²) in [5.41, 5.74) is 7.39. The van der Waals surface area contributed by atoms with Crippen molar-refractivity contribution in [2.45, 2.75) is 12.5 Å². The normalized spacial score (nSPS) is 12.9. The number of carboxylic acid groups (broad SMARTS) is 1. The molecule has 2 rings (SSSR count). The van der Waals surface area contributed by atoms with Crippen LogP contribution in [0.15, 0.2) is 24.4 Å². The Balaban J connectivity index is 2.51. The zero-order valence-electron chi connectivity index (χ0n) is 9.35. The average Bonchev–Trinajstić information content (AvgIpc) is 2.55. The number of hydrogen-bond donors (Lipinski definition) is 2. The van der Waals surface area contributed by atoms with Gasteiger partial charge in [0.05, 0.1) is 10.5 Å². The van der Waals surface area contributed by atoms with E-state index in [1.54, 1.807) is 0 Å². The number of fused-ring (bicyclic) bond motifs is 1. The number of aromatic nitrogens is 1. The third-order valence-corrected chi connectivity index (χ3v) is 3.09. The Hall–Kier alpha value is -1.52. The van der Waals surface area contributed by atoms with Crippen molar-refractivity contribution in [3.05, 3.63) is 35.0 Å². The van der Waals surface area contributed by atoms with Gasteiger partial charge >= 0.3 is 5.97 Å². The van der Waals surface area contributed by atoms with Crippen LogP contribution >= 0.6 is 11.6 Å². The van der Waals surface area contributed by atoms with Gasteiger partial charge in [0.1, 0.15) is 6.04 Å². The summed E-state index contributed by atoms with van der Waals surface area (Å²) in [5, 5.41) is 10.4. The van der Waals surface area contributed by atoms with E-state index in [0.29, 0.717) is 11.4 Å². The van der Waals surface area contributed by atoms with Crippen molar-refractivity contribution >= 4 is 28.5 Å². The molecule has 0 fully saturated rings. The molecule has 1 unspecified atom stereocenters. The van der Waals surface area contributed by atoms with Gasteiger partial charge in [0.2, 0.25) is 0 Å². The molecule has 1 aromatic carbocycles. The number of carbonyl (C=O) groups is 1. The van der Waals surface area contributed by atoms with Crippen LogP contribution < -0.4 is 5.73 Å². The van der Waals surface area contributed by atoms with Gasteiger partial charge in [0.25, 0.3) is 0 Å². The van der Waals surface area contributed by atoms with E-state index in [-0.39, 0.29) is 0 Å². The molecular weight excluding hydrogens is 240 g/mol. The van der Waals surface area contributed by atoms with Crippen molar-refractivity contribution in [1.82, 2.24) is 4.57 Å². The van der Waals surface area contributed by atoms with Crippen LogP contribution in [0.3, 0.4) is 0 Å². The summed E-state index contributed by atoms with van der Waals surface area (Å²) in [5.74, 6) is -0.998. The lowest BCUT2D eigenvalue weighted by atomic mass is 10.0. The average molecular weight is 253 g/mol. The monoisotopic (exact) mass is 252 g/mol. The topological polar surface area (TPSA) is 68.2 Å². The molecule has 2 aromatic rings. The van der Waals surface area contributed by atoms with Crippen LogP contribution in [0.5, 0.6) is 0 Å². The summed E-state index contributed by atoms with van der Waals surface area (Å²) >= 11 is 6.08. The van der Waals surface area contributed by atoms with E-state index in [1.165, 1.54) is 0 Å². The number of aliphatic carboxylic acids is 1. The van der Waals surface area contributed by atoms with Crippen LogP contribution in [0.4, 0.5) is 0 Å². The SMILES string of the molecule is Cn1cc(Cl)c2cccc(CC(N)C(=O)O)c21. The third-order valence-electron chi connectivity index (χ3n) is 2.79. The largest absolute Gasteiger partial charge is 0.480 e. The highest BCUT2D eigenvalue weighted by atomic mass is 35.5. The van der Waals surface area contributed by atoms with Crippen molar-refractivity contribution < 1.29 is 9.90 Å². The fourth-order valence-corrected chi connectivity index (χ4v) is 2.29. The predicted molar refractivity (Wildman–Crippen MR) is 67.2 cm³/mol. The summed E-state index contributed by atoms with van der Waals surface area (Å²) in [6.45, 7) is 0. The maximum Gasteiger partial charge on any atom is 0.320 e. The van der Waals surface area contributed by atoms with Gasteiger partial charge in [-0.25, -0.2) is 0 Å². The molecule has 17 heavy (non-hydrogen) atoms. The van der Waals surface area contributed by atoms with E-state index in [0.717, 1.165) is 16.5 Å². The molecule has 0 bridgehead atoms. The number of benzene rings is 1. The number of nitrogens with zero attached hydrogens (tertiary/aromatic N) is 1. The minimum atomic E-state index is -0.998. The zero-order valence-corrected chi connectivity index (χ0v) is 10.1. The first kappa shape index (κ1) is 12.0. The summed E-state index contributed by atoms with van der Waals surface area (Å²) in [6, 6.07) is 4.75. The molecule has 4 nitrogen and oxygen atoms in total. The van der Waals surface area contributed by atoms with E-state index in [2.05, 4.69) is 0 Å². The number of rotatable bonds is 3. The van der Waals surface area contributed by atoms with Crippen LogP contribution in [-0.2, 0) is 18.3 Å². The molecular formula is C12H13ClN2O2. The van der Waals surface area contributed by atoms with Crippen molar-refractivity contribution in [3.63, 3.8) is 0 Å². The molecule has 90 valence electrons. The lowest BCUT2D eigenvalue weighted by molar-refractivity contribution is -0.138. The van der Waals surface area contributed by atoms with Gasteiger partial charge in [-0.2, -0.15) is 0 Å². The maximum atomic E-state index is 10.8. The van der Waals surface area contributed by atoms with Crippen LogP contribution in [0.1, 0.15) is 5.56 Å². The van der Waals surface area contributed by atoms with Crippen molar-refractivity contribution in [2.24, 2.45) is 12.8 Å². The van der Waals surface area contributed by atoms with E-state index in [1.807, 2.05) is 36.0 Å². The number of para-hydroxylation sites is 1. The molecule has 0 aliphatic rings. The Morgan fingerprint density at radius 1 is 1.59 bits per heavy atom. The number of nitrogens with two attached hydrogens (primary N) is 1. The summed E-state index contributed by atoms with van der Waals surface area (Å²) in [4.78, 5) is 10.8. The molecule has 5 heteroatoms. The number of aryl methyl sites for hydroxylation is 1. The molecule has 1 heterocycles. The van der Waals surface area contributed by atoms with E-state index < -0.39 is 12.0 Å². The van der Waals surface area contributed by atoms with Gasteiger partial charge in [-0.15, -0.1) is 0 Å². The highest BCUT2D eigenvalue weighted by molar-refractivity contribution is 6.35. The minimum Gasteiger partial charge on any atom is -0.480 e. The Labute approximate surface area is 104 Å². The quantitative estimate of drug-likeness (QED) is 0.875. The summed E-state index contributed by atoms with van der Waals surface area (Å²) < 4.78 is 1.89. The summed E-state index contributed by atoms with van der Waals surface area (Å²) in [7, 11) is 1.88. The molecule has 0 radical (unpaired) electrons. The van der Waals surface area contributed by atoms with E-state index in [9.17, 15) is 4.79 Å². The Bertz CT molecular complexity index is 577. The fraction of sp³-hybridized carbons (Fsp3) is 0.250. The van der Waals surface area contributed by atoms with Crippen molar-refractivity contribution in [1.29, 1.82) is 0 Å². The van der Waals surface area contributed by atoms with Gasteiger partial charge < -0.3 is 15.4 Å². The first-order valence-corrected chi connectivity index (χ1v) is 5.59. The van der Waals surface area contributed by atoms with E-state index >= 15 is 0 Å². The van der Waals surface area contributed by atoms with Crippen molar-refractivity contribution in [3.8, 4) is 0 Å². The van der Waals surface area contributed by atoms with Gasteiger partial charge in [-0.3, -0.25) is 4.79 Å². The highest BCUT2D eigenvalue weighted by Crippen LogP contribution is 2.28. The number of carboxylic acids is 1. The molecule has 0 aliphatic carbocycles. The molecule has 3 N–H and O–H groups in total. The predicted octanol–water partition coefficient (Wildman–Crippen LogP) is 1.79. The van der Waals surface area contributed by atoms with Gasteiger partial charge in [-0.05, 0) is 5.56 Å². The highest BCUT2D eigenvalue weighted by Gasteiger charge is 2.16. The number of hydrogen-bond acceptors (Lipinski definition) is 2. The minimum absolute atomic E-state index is 0.293. The second kappa shape index (κ2) is 4.39. The van der Waals surface area contributed by atoms with Gasteiger partial charge in [0, 0.05) is 25.1 Å². The Morgan fingerprint density at radius 2 is 2.29 bits per heavy atom. The molecule has 0 spiro atoms. The smallest absolute Gasteiger partial charge is 0.320 e. The second-order valence-electron chi connectivity index (χ2n) is 4.05. The molecule has 1 aromatic heterocycles. The fourth-order valence-electron chi connectivity index (χ4n) is 1.99. The van der Waals surface area contributed by atoms with Gasteiger partial charge in [0.15, 0.2) is 0 Å². The molecule has 0 saturated carbocycles. The van der Waals surface area contributed by atoms with Crippen LogP contribution in [0, 0.1) is 0 Å². The first-order valence-electron chi connectivity index (χ1n) is 5.21. The maximum absolute atomic E-state index is 10.8. The van der Waals surface area contributed by atoms with E-state index in [4.69, 9.17) is 22.4 Å². The molecule has 0 saturated heterocycles.